The maximum Gasteiger partial charge on any atom is 0.339 e. The van der Waals surface area contributed by atoms with Crippen molar-refractivity contribution in [3.05, 3.63) is 29.8 Å². The quantitative estimate of drug-likeness (QED) is 0.851. The van der Waals surface area contributed by atoms with E-state index in [1.165, 1.54) is 0 Å². The third-order valence-electron chi connectivity index (χ3n) is 3.22. The van der Waals surface area contributed by atoms with Crippen molar-refractivity contribution in [1.82, 2.24) is 0 Å². The summed E-state index contributed by atoms with van der Waals surface area (Å²) < 4.78 is 10.8. The van der Waals surface area contributed by atoms with Gasteiger partial charge in [0.25, 0.3) is 0 Å². The van der Waals surface area contributed by atoms with E-state index >= 15 is 0 Å². The van der Waals surface area contributed by atoms with Crippen LogP contribution in [0.5, 0.6) is 5.75 Å². The van der Waals surface area contributed by atoms with Crippen molar-refractivity contribution in [2.45, 2.75) is 13.3 Å². The van der Waals surface area contributed by atoms with Gasteiger partial charge >= 0.3 is 5.97 Å². The number of carbonyl (C=O) groups is 1. The van der Waals surface area contributed by atoms with Crippen molar-refractivity contribution in [2.24, 2.45) is 5.41 Å². The van der Waals surface area contributed by atoms with E-state index < -0.39 is 5.97 Å². The van der Waals surface area contributed by atoms with Crippen molar-refractivity contribution < 1.29 is 19.4 Å². The Morgan fingerprint density at radius 3 is 2.71 bits per heavy atom. The highest BCUT2D eigenvalue weighted by Crippen LogP contribution is 2.32. The normalized spacial score (nSPS) is 17.2. The van der Waals surface area contributed by atoms with Crippen LogP contribution in [0.3, 0.4) is 0 Å². The predicted octanol–water partition coefficient (Wildman–Crippen LogP) is 2.19. The van der Waals surface area contributed by atoms with Gasteiger partial charge in [-0.2, -0.15) is 0 Å². The van der Waals surface area contributed by atoms with E-state index in [9.17, 15) is 4.79 Å². The molecule has 2 rings (SSSR count). The number of carboxylic acids is 1. The van der Waals surface area contributed by atoms with Crippen molar-refractivity contribution in [1.29, 1.82) is 0 Å². The topological polar surface area (TPSA) is 55.8 Å². The fourth-order valence-corrected chi connectivity index (χ4v) is 1.78. The molecule has 0 atom stereocenters. The van der Waals surface area contributed by atoms with Crippen LogP contribution >= 0.6 is 0 Å². The number of ether oxygens (including phenoxy) is 2. The monoisotopic (exact) mass is 236 g/mol. The van der Waals surface area contributed by atoms with Gasteiger partial charge in [-0.05, 0) is 18.6 Å². The van der Waals surface area contributed by atoms with E-state index in [2.05, 4.69) is 6.92 Å². The molecular formula is C13H16O4. The molecule has 0 saturated carbocycles. The number of aromatic carboxylic acids is 1. The van der Waals surface area contributed by atoms with Crippen LogP contribution in [-0.2, 0) is 4.74 Å². The highest BCUT2D eigenvalue weighted by Gasteiger charge is 2.37. The first-order valence-corrected chi connectivity index (χ1v) is 5.70. The van der Waals surface area contributed by atoms with E-state index in [0.29, 0.717) is 25.6 Å². The Morgan fingerprint density at radius 2 is 2.18 bits per heavy atom. The minimum Gasteiger partial charge on any atom is -0.492 e. The standard InChI is InChI=1S/C13H16O4/c1-2-13(7-16-8-13)9-17-11-6-4-3-5-10(11)12(14)15/h3-6H,2,7-9H2,1H3,(H,14,15). The molecule has 1 aliphatic rings. The Bertz CT molecular complexity index is 404. The highest BCUT2D eigenvalue weighted by atomic mass is 16.5. The molecule has 0 aliphatic carbocycles. The summed E-state index contributed by atoms with van der Waals surface area (Å²) in [6.07, 6.45) is 0.974. The Morgan fingerprint density at radius 1 is 1.47 bits per heavy atom. The van der Waals surface area contributed by atoms with Crippen molar-refractivity contribution in [3.63, 3.8) is 0 Å². The smallest absolute Gasteiger partial charge is 0.339 e. The first-order chi connectivity index (χ1) is 8.17. The van der Waals surface area contributed by atoms with Crippen LogP contribution in [0.15, 0.2) is 24.3 Å². The fourth-order valence-electron chi connectivity index (χ4n) is 1.78. The lowest BCUT2D eigenvalue weighted by molar-refractivity contribution is -0.133. The van der Waals surface area contributed by atoms with Gasteiger partial charge < -0.3 is 14.6 Å². The van der Waals surface area contributed by atoms with Crippen molar-refractivity contribution in [3.8, 4) is 5.75 Å². The van der Waals surface area contributed by atoms with Gasteiger partial charge in [-0.3, -0.25) is 0 Å². The largest absolute Gasteiger partial charge is 0.492 e. The molecule has 1 aliphatic heterocycles. The summed E-state index contributed by atoms with van der Waals surface area (Å²) in [4.78, 5) is 11.0. The number of rotatable bonds is 5. The molecule has 0 spiro atoms. The first-order valence-electron chi connectivity index (χ1n) is 5.70. The SMILES string of the molecule is CCC1(COc2ccccc2C(=O)O)COC1. The average molecular weight is 236 g/mol. The summed E-state index contributed by atoms with van der Waals surface area (Å²) in [5.74, 6) is -0.532. The lowest BCUT2D eigenvalue weighted by Crippen LogP contribution is -2.46. The average Bonchev–Trinajstić information content (AvgIpc) is 2.28. The van der Waals surface area contributed by atoms with E-state index in [0.717, 1.165) is 6.42 Å². The summed E-state index contributed by atoms with van der Waals surface area (Å²) in [5, 5.41) is 9.02. The Balaban J connectivity index is 2.06. The van der Waals surface area contributed by atoms with Gasteiger partial charge in [-0.15, -0.1) is 0 Å². The lowest BCUT2D eigenvalue weighted by atomic mass is 9.84. The molecule has 1 fully saturated rings. The van der Waals surface area contributed by atoms with Gasteiger partial charge in [0.05, 0.1) is 25.2 Å². The van der Waals surface area contributed by atoms with Crippen LogP contribution in [0.4, 0.5) is 0 Å². The molecule has 17 heavy (non-hydrogen) atoms. The zero-order valence-corrected chi connectivity index (χ0v) is 9.81. The van der Waals surface area contributed by atoms with Gasteiger partial charge in [0, 0.05) is 0 Å². The molecule has 4 heteroatoms. The van der Waals surface area contributed by atoms with Gasteiger partial charge in [0.1, 0.15) is 11.3 Å². The Kier molecular flexibility index (Phi) is 3.33. The fraction of sp³-hybridized carbons (Fsp3) is 0.462. The minimum absolute atomic E-state index is 0.0611. The molecule has 0 aromatic heterocycles. The lowest BCUT2D eigenvalue weighted by Gasteiger charge is -2.40. The Labute approximate surface area is 100 Å². The molecular weight excluding hydrogens is 220 g/mol. The number of carboxylic acid groups (broad SMARTS) is 1. The third kappa shape index (κ3) is 2.42. The molecule has 0 unspecified atom stereocenters. The molecule has 1 heterocycles. The van der Waals surface area contributed by atoms with Crippen molar-refractivity contribution in [2.75, 3.05) is 19.8 Å². The number of hydrogen-bond acceptors (Lipinski definition) is 3. The second-order valence-corrected chi connectivity index (χ2v) is 4.44. The summed E-state index contributed by atoms with van der Waals surface area (Å²) in [6.45, 7) is 3.99. The molecule has 0 amide bonds. The van der Waals surface area contributed by atoms with E-state index in [-0.39, 0.29) is 11.0 Å². The second-order valence-electron chi connectivity index (χ2n) is 4.44. The van der Waals surface area contributed by atoms with Gasteiger partial charge in [0.15, 0.2) is 0 Å². The summed E-state index contributed by atoms with van der Waals surface area (Å²) in [6, 6.07) is 6.70. The number of benzene rings is 1. The van der Waals surface area contributed by atoms with Gasteiger partial charge in [-0.1, -0.05) is 19.1 Å². The molecule has 1 aromatic rings. The second kappa shape index (κ2) is 4.75. The van der Waals surface area contributed by atoms with Crippen LogP contribution in [0.25, 0.3) is 0 Å². The highest BCUT2D eigenvalue weighted by molar-refractivity contribution is 5.90. The van der Waals surface area contributed by atoms with E-state index in [1.54, 1.807) is 24.3 Å². The summed E-state index contributed by atoms with van der Waals surface area (Å²) in [7, 11) is 0. The zero-order valence-electron chi connectivity index (χ0n) is 9.81. The molecule has 1 aromatic carbocycles. The molecule has 92 valence electrons. The van der Waals surface area contributed by atoms with Crippen LogP contribution < -0.4 is 4.74 Å². The van der Waals surface area contributed by atoms with Gasteiger partial charge in [-0.25, -0.2) is 4.79 Å². The predicted molar refractivity (Wildman–Crippen MR) is 62.4 cm³/mol. The van der Waals surface area contributed by atoms with Crippen LogP contribution in [-0.4, -0.2) is 30.9 Å². The molecule has 1 saturated heterocycles. The van der Waals surface area contributed by atoms with E-state index in [4.69, 9.17) is 14.6 Å². The van der Waals surface area contributed by atoms with Crippen LogP contribution in [0, 0.1) is 5.41 Å². The van der Waals surface area contributed by atoms with Crippen molar-refractivity contribution >= 4 is 5.97 Å². The number of hydrogen-bond donors (Lipinski definition) is 1. The molecule has 4 nitrogen and oxygen atoms in total. The molecule has 0 bridgehead atoms. The van der Waals surface area contributed by atoms with Crippen LogP contribution in [0.2, 0.25) is 0 Å². The zero-order chi connectivity index (χ0) is 12.3. The summed E-state index contributed by atoms with van der Waals surface area (Å²) in [5.41, 5.74) is 0.269. The first kappa shape index (κ1) is 11.9. The molecule has 1 N–H and O–H groups in total. The maximum absolute atomic E-state index is 11.0. The number of para-hydroxylation sites is 1. The van der Waals surface area contributed by atoms with E-state index in [1.807, 2.05) is 0 Å². The third-order valence-corrected chi connectivity index (χ3v) is 3.22. The molecule has 0 radical (unpaired) electrons. The van der Waals surface area contributed by atoms with Crippen LogP contribution in [0.1, 0.15) is 23.7 Å². The minimum atomic E-state index is -0.962. The maximum atomic E-state index is 11.0. The Hall–Kier alpha value is -1.55. The summed E-state index contributed by atoms with van der Waals surface area (Å²) >= 11 is 0. The van der Waals surface area contributed by atoms with Gasteiger partial charge in [0.2, 0.25) is 0 Å².